The number of rotatable bonds is 2. The van der Waals surface area contributed by atoms with E-state index in [2.05, 4.69) is 9.97 Å². The maximum Gasteiger partial charge on any atom is 0.179 e. The molecule has 5 rings (SSSR count). The number of nitrogens with zero attached hydrogens (tertiary/aromatic N) is 2. The summed E-state index contributed by atoms with van der Waals surface area (Å²) in [5, 5.41) is 0. The Morgan fingerprint density at radius 2 is 1.74 bits per heavy atom. The van der Waals surface area contributed by atoms with Crippen molar-refractivity contribution in [1.82, 2.24) is 9.97 Å². The second-order valence-electron chi connectivity index (χ2n) is 6.85. The Labute approximate surface area is 113 Å². The van der Waals surface area contributed by atoms with Gasteiger partial charge in [0.05, 0.1) is 13.3 Å². The Balaban J connectivity index is 1.73. The van der Waals surface area contributed by atoms with Crippen LogP contribution in [0.15, 0.2) is 6.20 Å². The molecule has 0 atom stereocenters. The van der Waals surface area contributed by atoms with Crippen LogP contribution in [0, 0.1) is 17.8 Å². The highest BCUT2D eigenvalue weighted by Crippen LogP contribution is 2.60. The standard InChI is InChI=1S/C15H21N3O/c1-19-12-8-17-14(18-13(12)16)15-5-9-2-10(6-15)4-11(3-9)7-15/h8-11H,2-7H2,1H3,(H2,16,17,18). The van der Waals surface area contributed by atoms with Crippen LogP contribution >= 0.6 is 0 Å². The maximum absolute atomic E-state index is 5.97. The lowest BCUT2D eigenvalue weighted by atomic mass is 9.49. The van der Waals surface area contributed by atoms with E-state index in [-0.39, 0.29) is 5.41 Å². The molecule has 0 amide bonds. The first-order chi connectivity index (χ1) is 9.18. The summed E-state index contributed by atoms with van der Waals surface area (Å²) in [7, 11) is 1.61. The Morgan fingerprint density at radius 1 is 1.16 bits per heavy atom. The monoisotopic (exact) mass is 259 g/mol. The lowest BCUT2D eigenvalue weighted by Gasteiger charge is -2.55. The van der Waals surface area contributed by atoms with Crippen molar-refractivity contribution in [1.29, 1.82) is 0 Å². The molecule has 4 aliphatic carbocycles. The molecule has 4 nitrogen and oxygen atoms in total. The lowest BCUT2D eigenvalue weighted by Crippen LogP contribution is -2.49. The van der Waals surface area contributed by atoms with Crippen molar-refractivity contribution >= 4 is 5.82 Å². The molecule has 1 aromatic rings. The SMILES string of the molecule is COc1cnc(C23CC4CC(CC(C4)C2)C3)nc1N. The Kier molecular flexibility index (Phi) is 2.32. The molecule has 0 aliphatic heterocycles. The van der Waals surface area contributed by atoms with Crippen LogP contribution in [0.4, 0.5) is 5.82 Å². The molecule has 1 aromatic heterocycles. The molecule has 19 heavy (non-hydrogen) atoms. The summed E-state index contributed by atoms with van der Waals surface area (Å²) in [6.45, 7) is 0. The van der Waals surface area contributed by atoms with Crippen molar-refractivity contribution in [2.45, 2.75) is 43.9 Å². The van der Waals surface area contributed by atoms with Gasteiger partial charge in [-0.1, -0.05) is 0 Å². The average molecular weight is 259 g/mol. The molecular formula is C15H21N3O. The van der Waals surface area contributed by atoms with Crippen molar-refractivity contribution in [3.05, 3.63) is 12.0 Å². The maximum atomic E-state index is 5.97. The van der Waals surface area contributed by atoms with E-state index < -0.39 is 0 Å². The second kappa shape index (κ2) is 3.84. The van der Waals surface area contributed by atoms with E-state index in [0.717, 1.165) is 23.6 Å². The molecule has 0 unspecified atom stereocenters. The fourth-order valence-electron chi connectivity index (χ4n) is 5.18. The van der Waals surface area contributed by atoms with Crippen molar-refractivity contribution < 1.29 is 4.74 Å². The van der Waals surface area contributed by atoms with Crippen molar-refractivity contribution in [2.24, 2.45) is 17.8 Å². The summed E-state index contributed by atoms with van der Waals surface area (Å²) in [6.07, 6.45) is 9.86. The molecule has 1 heterocycles. The summed E-state index contributed by atoms with van der Waals surface area (Å²) in [6, 6.07) is 0. The highest BCUT2D eigenvalue weighted by atomic mass is 16.5. The molecular weight excluding hydrogens is 238 g/mol. The van der Waals surface area contributed by atoms with E-state index in [0.29, 0.717) is 11.6 Å². The molecule has 4 saturated carbocycles. The summed E-state index contributed by atoms with van der Waals surface area (Å²) >= 11 is 0. The highest BCUT2D eigenvalue weighted by Gasteiger charge is 2.53. The van der Waals surface area contributed by atoms with Gasteiger partial charge in [-0.25, -0.2) is 9.97 Å². The number of ether oxygens (including phenoxy) is 1. The van der Waals surface area contributed by atoms with Crippen molar-refractivity contribution in [3.8, 4) is 5.75 Å². The Morgan fingerprint density at radius 3 is 2.21 bits per heavy atom. The van der Waals surface area contributed by atoms with E-state index >= 15 is 0 Å². The fourth-order valence-corrected chi connectivity index (χ4v) is 5.18. The first kappa shape index (κ1) is 11.5. The summed E-state index contributed by atoms with van der Waals surface area (Å²) in [5.41, 5.74) is 6.19. The molecule has 0 radical (unpaired) electrons. The van der Waals surface area contributed by atoms with Gasteiger partial charge in [0, 0.05) is 5.41 Å². The molecule has 4 fully saturated rings. The van der Waals surface area contributed by atoms with Crippen LogP contribution in [-0.2, 0) is 5.41 Å². The van der Waals surface area contributed by atoms with Gasteiger partial charge >= 0.3 is 0 Å². The van der Waals surface area contributed by atoms with Crippen LogP contribution in [0.2, 0.25) is 0 Å². The summed E-state index contributed by atoms with van der Waals surface area (Å²) in [4.78, 5) is 9.16. The minimum atomic E-state index is 0.217. The quantitative estimate of drug-likeness (QED) is 0.886. The van der Waals surface area contributed by atoms with Gasteiger partial charge in [0.2, 0.25) is 0 Å². The van der Waals surface area contributed by atoms with Gasteiger partial charge in [-0.15, -0.1) is 0 Å². The third-order valence-electron chi connectivity index (χ3n) is 5.52. The van der Waals surface area contributed by atoms with E-state index in [1.54, 1.807) is 13.3 Å². The molecule has 0 saturated heterocycles. The van der Waals surface area contributed by atoms with E-state index in [1.807, 2.05) is 0 Å². The van der Waals surface area contributed by atoms with Crippen LogP contribution in [0.25, 0.3) is 0 Å². The number of nitrogen functional groups attached to an aromatic ring is 1. The van der Waals surface area contributed by atoms with Gasteiger partial charge in [0.1, 0.15) is 5.82 Å². The Bertz CT molecular complexity index is 479. The van der Waals surface area contributed by atoms with E-state index in [1.165, 1.54) is 38.5 Å². The summed E-state index contributed by atoms with van der Waals surface area (Å²) < 4.78 is 5.17. The van der Waals surface area contributed by atoms with E-state index in [4.69, 9.17) is 10.5 Å². The van der Waals surface area contributed by atoms with Gasteiger partial charge in [-0.3, -0.25) is 0 Å². The first-order valence-electron chi connectivity index (χ1n) is 7.35. The minimum absolute atomic E-state index is 0.217. The third kappa shape index (κ3) is 1.65. The molecule has 0 spiro atoms. The third-order valence-corrected chi connectivity index (χ3v) is 5.52. The van der Waals surface area contributed by atoms with Gasteiger partial charge in [-0.2, -0.15) is 0 Å². The molecule has 0 aromatic carbocycles. The molecule has 4 heteroatoms. The minimum Gasteiger partial charge on any atom is -0.491 e. The smallest absolute Gasteiger partial charge is 0.179 e. The molecule has 4 bridgehead atoms. The normalized spacial score (nSPS) is 39.5. The van der Waals surface area contributed by atoms with Crippen LogP contribution < -0.4 is 10.5 Å². The van der Waals surface area contributed by atoms with Gasteiger partial charge in [0.25, 0.3) is 0 Å². The number of hydrogen-bond donors (Lipinski definition) is 1. The topological polar surface area (TPSA) is 61.0 Å². The Hall–Kier alpha value is -1.32. The molecule has 4 aliphatic rings. The van der Waals surface area contributed by atoms with E-state index in [9.17, 15) is 0 Å². The molecule has 102 valence electrons. The van der Waals surface area contributed by atoms with Crippen LogP contribution in [0.3, 0.4) is 0 Å². The number of anilines is 1. The van der Waals surface area contributed by atoms with Crippen LogP contribution in [0.1, 0.15) is 44.3 Å². The summed E-state index contributed by atoms with van der Waals surface area (Å²) in [5.74, 6) is 4.76. The predicted molar refractivity (Wildman–Crippen MR) is 72.8 cm³/mol. The zero-order valence-corrected chi connectivity index (χ0v) is 11.4. The zero-order chi connectivity index (χ0) is 13.0. The highest BCUT2D eigenvalue weighted by molar-refractivity contribution is 5.44. The predicted octanol–water partition coefficient (Wildman–Crippen LogP) is 2.54. The van der Waals surface area contributed by atoms with Gasteiger partial charge in [0.15, 0.2) is 11.6 Å². The van der Waals surface area contributed by atoms with Crippen LogP contribution in [0.5, 0.6) is 5.75 Å². The lowest BCUT2D eigenvalue weighted by molar-refractivity contribution is -0.00937. The zero-order valence-electron chi connectivity index (χ0n) is 11.4. The second-order valence-corrected chi connectivity index (χ2v) is 6.85. The number of nitrogens with two attached hydrogens (primary N) is 1. The van der Waals surface area contributed by atoms with Gasteiger partial charge in [-0.05, 0) is 56.3 Å². The largest absolute Gasteiger partial charge is 0.491 e. The number of methoxy groups -OCH3 is 1. The van der Waals surface area contributed by atoms with Crippen LogP contribution in [-0.4, -0.2) is 17.1 Å². The van der Waals surface area contributed by atoms with Crippen molar-refractivity contribution in [2.75, 3.05) is 12.8 Å². The average Bonchev–Trinajstić information content (AvgIpc) is 2.37. The number of aromatic nitrogens is 2. The van der Waals surface area contributed by atoms with Gasteiger partial charge < -0.3 is 10.5 Å². The van der Waals surface area contributed by atoms with Crippen molar-refractivity contribution in [3.63, 3.8) is 0 Å². The first-order valence-corrected chi connectivity index (χ1v) is 7.35. The number of hydrogen-bond acceptors (Lipinski definition) is 4. The molecule has 2 N–H and O–H groups in total. The fraction of sp³-hybridized carbons (Fsp3) is 0.733.